The summed E-state index contributed by atoms with van der Waals surface area (Å²) in [4.78, 5) is 0. The molecule has 0 saturated carbocycles. The predicted molar refractivity (Wildman–Crippen MR) is 60.9 cm³/mol. The second kappa shape index (κ2) is 6.39. The third-order valence-corrected chi connectivity index (χ3v) is 2.13. The smallest absolute Gasteiger partial charge is 0.168 e. The number of halogens is 3. The molecule has 0 bridgehead atoms. The second-order valence-electron chi connectivity index (χ2n) is 2.19. The van der Waals surface area contributed by atoms with Crippen molar-refractivity contribution in [3.63, 3.8) is 0 Å². The van der Waals surface area contributed by atoms with Gasteiger partial charge in [0.1, 0.15) is 6.61 Å². The lowest BCUT2D eigenvalue weighted by Gasteiger charge is -2.06. The maximum atomic E-state index is 13.0. The van der Waals surface area contributed by atoms with Crippen LogP contribution in [0.5, 0.6) is 5.75 Å². The topological polar surface area (TPSA) is 35.2 Å². The van der Waals surface area contributed by atoms with Crippen molar-refractivity contribution >= 4 is 35.0 Å². The summed E-state index contributed by atoms with van der Waals surface area (Å²) in [5.74, 6) is -0.0427. The van der Waals surface area contributed by atoms with E-state index in [0.717, 1.165) is 3.57 Å². The molecule has 1 aromatic carbocycles. The molecule has 13 heavy (non-hydrogen) atoms. The summed E-state index contributed by atoms with van der Waals surface area (Å²) in [6.45, 7) is 0.737. The predicted octanol–water partition coefficient (Wildman–Crippen LogP) is 2.19. The molecule has 0 aliphatic carbocycles. The van der Waals surface area contributed by atoms with Crippen molar-refractivity contribution in [2.75, 3.05) is 13.2 Å². The van der Waals surface area contributed by atoms with Crippen LogP contribution in [0.15, 0.2) is 18.2 Å². The van der Waals surface area contributed by atoms with Gasteiger partial charge in [0.25, 0.3) is 0 Å². The zero-order valence-corrected chi connectivity index (χ0v) is 9.77. The number of para-hydroxylation sites is 1. The van der Waals surface area contributed by atoms with Crippen LogP contribution in [0.25, 0.3) is 0 Å². The molecule has 0 spiro atoms. The van der Waals surface area contributed by atoms with E-state index >= 15 is 0 Å². The average molecular weight is 318 g/mol. The summed E-state index contributed by atoms with van der Waals surface area (Å²) in [5, 5.41) is 0. The number of hydrogen-bond acceptors (Lipinski definition) is 2. The Morgan fingerprint density at radius 1 is 1.46 bits per heavy atom. The van der Waals surface area contributed by atoms with Gasteiger partial charge in [-0.3, -0.25) is 0 Å². The molecular weight excluding hydrogens is 307 g/mol. The number of hydrogen-bond donors (Lipinski definition) is 1. The summed E-state index contributed by atoms with van der Waals surface area (Å²) in [6, 6.07) is 4.80. The van der Waals surface area contributed by atoms with Gasteiger partial charge >= 0.3 is 0 Å². The molecule has 0 heterocycles. The molecular formula is C8H10ClFINO. The summed E-state index contributed by atoms with van der Waals surface area (Å²) in [6.07, 6.45) is 0. The van der Waals surface area contributed by atoms with Crippen LogP contribution in [-0.2, 0) is 0 Å². The molecule has 0 aliphatic rings. The number of ether oxygens (including phenoxy) is 1. The molecule has 74 valence electrons. The van der Waals surface area contributed by atoms with E-state index in [4.69, 9.17) is 10.5 Å². The molecule has 2 nitrogen and oxygen atoms in total. The lowest BCUT2D eigenvalue weighted by Crippen LogP contribution is -2.11. The first-order valence-corrected chi connectivity index (χ1v) is 4.60. The lowest BCUT2D eigenvalue weighted by atomic mass is 10.3. The minimum absolute atomic E-state index is 0. The van der Waals surface area contributed by atoms with Gasteiger partial charge in [-0.2, -0.15) is 0 Å². The van der Waals surface area contributed by atoms with Crippen LogP contribution in [0.2, 0.25) is 0 Å². The Hall–Kier alpha value is -0.0700. The quantitative estimate of drug-likeness (QED) is 0.868. The van der Waals surface area contributed by atoms with Crippen LogP contribution < -0.4 is 10.5 Å². The van der Waals surface area contributed by atoms with Gasteiger partial charge in [-0.05, 0) is 34.7 Å². The highest BCUT2D eigenvalue weighted by molar-refractivity contribution is 14.1. The monoisotopic (exact) mass is 317 g/mol. The Morgan fingerprint density at radius 2 is 2.15 bits per heavy atom. The summed E-state index contributed by atoms with van der Waals surface area (Å²) >= 11 is 2.02. The van der Waals surface area contributed by atoms with Gasteiger partial charge in [-0.1, -0.05) is 6.07 Å². The van der Waals surface area contributed by atoms with Crippen LogP contribution in [0.3, 0.4) is 0 Å². The molecule has 0 aromatic heterocycles. The molecule has 0 saturated heterocycles. The first-order chi connectivity index (χ1) is 5.75. The Balaban J connectivity index is 0.00000144. The third-order valence-electron chi connectivity index (χ3n) is 1.28. The highest BCUT2D eigenvalue weighted by Gasteiger charge is 2.05. The average Bonchev–Trinajstić information content (AvgIpc) is 2.04. The highest BCUT2D eigenvalue weighted by atomic mass is 127. The standard InChI is InChI=1S/C8H9FINO.ClH/c9-6-2-1-3-7(10)8(6)12-5-4-11;/h1-3H,4-5,11H2;1H. The summed E-state index contributed by atoms with van der Waals surface area (Å²) in [7, 11) is 0. The normalized spacial score (nSPS) is 9.15. The minimum atomic E-state index is -0.338. The first-order valence-electron chi connectivity index (χ1n) is 3.52. The van der Waals surface area contributed by atoms with Gasteiger partial charge in [0, 0.05) is 6.54 Å². The largest absolute Gasteiger partial charge is 0.488 e. The zero-order chi connectivity index (χ0) is 8.97. The number of rotatable bonds is 3. The Morgan fingerprint density at radius 3 is 2.69 bits per heavy atom. The van der Waals surface area contributed by atoms with Crippen molar-refractivity contribution in [3.8, 4) is 5.75 Å². The van der Waals surface area contributed by atoms with Crippen molar-refractivity contribution in [2.24, 2.45) is 5.73 Å². The van der Waals surface area contributed by atoms with Crippen LogP contribution in [0, 0.1) is 9.39 Å². The fraction of sp³-hybridized carbons (Fsp3) is 0.250. The first kappa shape index (κ1) is 12.9. The molecule has 2 N–H and O–H groups in total. The highest BCUT2D eigenvalue weighted by Crippen LogP contribution is 2.23. The van der Waals surface area contributed by atoms with E-state index in [1.807, 2.05) is 22.6 Å². The fourth-order valence-corrected chi connectivity index (χ4v) is 1.40. The molecule has 0 fully saturated rings. The molecule has 0 unspecified atom stereocenters. The van der Waals surface area contributed by atoms with Gasteiger partial charge in [0.05, 0.1) is 3.57 Å². The van der Waals surface area contributed by atoms with E-state index in [0.29, 0.717) is 18.9 Å². The van der Waals surface area contributed by atoms with E-state index < -0.39 is 0 Å². The van der Waals surface area contributed by atoms with Crippen LogP contribution in [0.1, 0.15) is 0 Å². The fourth-order valence-electron chi connectivity index (χ4n) is 0.781. The van der Waals surface area contributed by atoms with E-state index in [1.54, 1.807) is 12.1 Å². The molecule has 1 rings (SSSR count). The van der Waals surface area contributed by atoms with E-state index in [9.17, 15) is 4.39 Å². The van der Waals surface area contributed by atoms with Crippen molar-refractivity contribution in [1.82, 2.24) is 0 Å². The maximum Gasteiger partial charge on any atom is 0.168 e. The van der Waals surface area contributed by atoms with Gasteiger partial charge in [0.15, 0.2) is 11.6 Å². The van der Waals surface area contributed by atoms with Gasteiger partial charge in [-0.25, -0.2) is 4.39 Å². The van der Waals surface area contributed by atoms with E-state index in [1.165, 1.54) is 6.07 Å². The minimum Gasteiger partial charge on any atom is -0.488 e. The number of nitrogens with two attached hydrogens (primary N) is 1. The lowest BCUT2D eigenvalue weighted by molar-refractivity contribution is 0.308. The summed E-state index contributed by atoms with van der Waals surface area (Å²) in [5.41, 5.74) is 5.23. The molecule has 0 aliphatic heterocycles. The molecule has 5 heteroatoms. The molecule has 0 radical (unpaired) electrons. The summed E-state index contributed by atoms with van der Waals surface area (Å²) < 4.78 is 18.9. The Labute approximate surface area is 96.2 Å². The van der Waals surface area contributed by atoms with Gasteiger partial charge in [0.2, 0.25) is 0 Å². The van der Waals surface area contributed by atoms with E-state index in [-0.39, 0.29) is 18.2 Å². The second-order valence-corrected chi connectivity index (χ2v) is 3.35. The van der Waals surface area contributed by atoms with Crippen LogP contribution in [-0.4, -0.2) is 13.2 Å². The van der Waals surface area contributed by atoms with Crippen LogP contribution >= 0.6 is 35.0 Å². The molecule has 0 atom stereocenters. The van der Waals surface area contributed by atoms with E-state index in [2.05, 4.69) is 0 Å². The SMILES string of the molecule is Cl.NCCOc1c(F)cccc1I. The zero-order valence-electron chi connectivity index (χ0n) is 6.80. The number of benzene rings is 1. The maximum absolute atomic E-state index is 13.0. The van der Waals surface area contributed by atoms with Crippen molar-refractivity contribution in [2.45, 2.75) is 0 Å². The Kier molecular flexibility index (Phi) is 6.36. The van der Waals surface area contributed by atoms with Crippen molar-refractivity contribution in [3.05, 3.63) is 27.6 Å². The Bertz CT molecular complexity index is 252. The third kappa shape index (κ3) is 3.66. The van der Waals surface area contributed by atoms with Crippen molar-refractivity contribution < 1.29 is 9.13 Å². The van der Waals surface area contributed by atoms with Gasteiger partial charge in [-0.15, -0.1) is 12.4 Å². The van der Waals surface area contributed by atoms with Crippen molar-refractivity contribution in [1.29, 1.82) is 0 Å². The molecule has 0 amide bonds. The van der Waals surface area contributed by atoms with Gasteiger partial charge < -0.3 is 10.5 Å². The molecule has 1 aromatic rings. The van der Waals surface area contributed by atoms with Crippen LogP contribution in [0.4, 0.5) is 4.39 Å².